The second-order valence-electron chi connectivity index (χ2n) is 4.51. The average molecular weight is 294 g/mol. The van der Waals surface area contributed by atoms with Crippen LogP contribution in [0.15, 0.2) is 29.0 Å². The first kappa shape index (κ1) is 11.2. The molecule has 0 radical (unpaired) electrons. The van der Waals surface area contributed by atoms with Crippen LogP contribution in [-0.2, 0) is 0 Å². The zero-order chi connectivity index (χ0) is 11.8. The van der Waals surface area contributed by atoms with Crippen molar-refractivity contribution in [3.8, 4) is 0 Å². The van der Waals surface area contributed by atoms with Gasteiger partial charge in [0.15, 0.2) is 0 Å². The maximum atomic E-state index is 4.63. The molecule has 1 unspecified atom stereocenters. The van der Waals surface area contributed by atoms with Gasteiger partial charge in [-0.3, -0.25) is 9.30 Å². The van der Waals surface area contributed by atoms with Crippen molar-refractivity contribution in [1.29, 1.82) is 0 Å². The van der Waals surface area contributed by atoms with Crippen molar-refractivity contribution in [1.82, 2.24) is 14.3 Å². The van der Waals surface area contributed by atoms with Crippen LogP contribution in [-0.4, -0.2) is 27.4 Å². The van der Waals surface area contributed by atoms with Gasteiger partial charge in [0.05, 0.1) is 22.4 Å². The molecule has 1 fully saturated rings. The molecule has 17 heavy (non-hydrogen) atoms. The lowest BCUT2D eigenvalue weighted by molar-refractivity contribution is 0.261. The third-order valence-corrected chi connectivity index (χ3v) is 4.22. The first-order valence-corrected chi connectivity index (χ1v) is 6.96. The third-order valence-electron chi connectivity index (χ3n) is 3.60. The topological polar surface area (TPSA) is 20.5 Å². The molecule has 90 valence electrons. The van der Waals surface area contributed by atoms with E-state index in [2.05, 4.69) is 55.3 Å². The molecule has 1 aliphatic rings. The van der Waals surface area contributed by atoms with Crippen LogP contribution in [0.2, 0.25) is 0 Å². The number of pyridine rings is 1. The quantitative estimate of drug-likeness (QED) is 0.793. The molecule has 3 heterocycles. The number of halogens is 1. The number of likely N-dealkylation sites (tertiary alicyclic amines) is 1. The SMILES string of the molecule is CCN1CCCC1c1ncc2cccc(Br)n12. The second kappa shape index (κ2) is 4.42. The van der Waals surface area contributed by atoms with E-state index in [0.717, 1.165) is 16.7 Å². The Labute approximate surface area is 110 Å². The molecule has 0 amide bonds. The molecule has 0 saturated carbocycles. The summed E-state index contributed by atoms with van der Waals surface area (Å²) in [5.74, 6) is 1.17. The Hall–Kier alpha value is -0.870. The van der Waals surface area contributed by atoms with E-state index in [1.807, 2.05) is 6.20 Å². The molecule has 2 aromatic rings. The number of fused-ring (bicyclic) bond motifs is 1. The van der Waals surface area contributed by atoms with Crippen molar-refractivity contribution in [2.45, 2.75) is 25.8 Å². The fraction of sp³-hybridized carbons (Fsp3) is 0.462. The van der Waals surface area contributed by atoms with Gasteiger partial charge in [-0.15, -0.1) is 0 Å². The van der Waals surface area contributed by atoms with Crippen LogP contribution in [0.25, 0.3) is 5.52 Å². The number of nitrogens with zero attached hydrogens (tertiary/aromatic N) is 3. The monoisotopic (exact) mass is 293 g/mol. The van der Waals surface area contributed by atoms with Gasteiger partial charge in [0, 0.05) is 0 Å². The minimum absolute atomic E-state index is 0.473. The highest BCUT2D eigenvalue weighted by Gasteiger charge is 2.28. The summed E-state index contributed by atoms with van der Waals surface area (Å²) in [6, 6.07) is 6.70. The maximum absolute atomic E-state index is 4.63. The molecule has 4 heteroatoms. The number of rotatable bonds is 2. The van der Waals surface area contributed by atoms with Gasteiger partial charge in [-0.2, -0.15) is 0 Å². The van der Waals surface area contributed by atoms with Crippen molar-refractivity contribution in [3.63, 3.8) is 0 Å². The zero-order valence-electron chi connectivity index (χ0n) is 9.93. The van der Waals surface area contributed by atoms with Crippen LogP contribution in [0.5, 0.6) is 0 Å². The van der Waals surface area contributed by atoms with Crippen LogP contribution in [0, 0.1) is 0 Å². The Kier molecular flexibility index (Phi) is 2.92. The smallest absolute Gasteiger partial charge is 0.131 e. The summed E-state index contributed by atoms with van der Waals surface area (Å²) in [5, 5.41) is 0. The fourth-order valence-electron chi connectivity index (χ4n) is 2.76. The second-order valence-corrected chi connectivity index (χ2v) is 5.32. The van der Waals surface area contributed by atoms with E-state index >= 15 is 0 Å². The summed E-state index contributed by atoms with van der Waals surface area (Å²) in [5.41, 5.74) is 1.16. The summed E-state index contributed by atoms with van der Waals surface area (Å²) in [7, 11) is 0. The highest BCUT2D eigenvalue weighted by Crippen LogP contribution is 2.32. The van der Waals surface area contributed by atoms with Crippen LogP contribution in [0.3, 0.4) is 0 Å². The van der Waals surface area contributed by atoms with Crippen molar-refractivity contribution < 1.29 is 0 Å². The van der Waals surface area contributed by atoms with Crippen molar-refractivity contribution >= 4 is 21.4 Å². The highest BCUT2D eigenvalue weighted by atomic mass is 79.9. The van der Waals surface area contributed by atoms with E-state index in [4.69, 9.17) is 0 Å². The number of hydrogen-bond acceptors (Lipinski definition) is 2. The molecule has 3 nitrogen and oxygen atoms in total. The Balaban J connectivity index is 2.11. The van der Waals surface area contributed by atoms with Crippen molar-refractivity contribution in [2.24, 2.45) is 0 Å². The molecular weight excluding hydrogens is 278 g/mol. The van der Waals surface area contributed by atoms with Crippen molar-refractivity contribution in [2.75, 3.05) is 13.1 Å². The van der Waals surface area contributed by atoms with Gasteiger partial charge in [0.2, 0.25) is 0 Å². The lowest BCUT2D eigenvalue weighted by Crippen LogP contribution is -2.24. The van der Waals surface area contributed by atoms with Crippen LogP contribution in [0.4, 0.5) is 0 Å². The first-order valence-electron chi connectivity index (χ1n) is 6.17. The molecule has 3 rings (SSSR count). The molecular formula is C13H16BrN3. The summed E-state index contributed by atoms with van der Waals surface area (Å²) in [4.78, 5) is 7.14. The van der Waals surface area contributed by atoms with Gasteiger partial charge in [0.1, 0.15) is 5.82 Å². The molecule has 1 aliphatic heterocycles. The lowest BCUT2D eigenvalue weighted by atomic mass is 10.2. The molecule has 0 N–H and O–H groups in total. The normalized spacial score (nSPS) is 21.4. The Morgan fingerprint density at radius 3 is 3.18 bits per heavy atom. The van der Waals surface area contributed by atoms with E-state index in [1.165, 1.54) is 25.2 Å². The summed E-state index contributed by atoms with van der Waals surface area (Å²) in [6.45, 7) is 4.52. The lowest BCUT2D eigenvalue weighted by Gasteiger charge is -2.21. The first-order chi connectivity index (χ1) is 8.31. The molecule has 0 aromatic carbocycles. The summed E-state index contributed by atoms with van der Waals surface area (Å²) in [6.07, 6.45) is 4.46. The van der Waals surface area contributed by atoms with E-state index in [1.54, 1.807) is 0 Å². The van der Waals surface area contributed by atoms with E-state index < -0.39 is 0 Å². The van der Waals surface area contributed by atoms with Crippen LogP contribution >= 0.6 is 15.9 Å². The number of hydrogen-bond donors (Lipinski definition) is 0. The number of imidazole rings is 1. The molecule has 1 saturated heterocycles. The van der Waals surface area contributed by atoms with E-state index in [-0.39, 0.29) is 0 Å². The molecule has 2 aromatic heterocycles. The van der Waals surface area contributed by atoms with Crippen LogP contribution < -0.4 is 0 Å². The standard InChI is InChI=1S/C13H16BrN3/c1-2-16-8-4-6-11(16)13-15-9-10-5-3-7-12(14)17(10)13/h3,5,7,9,11H,2,4,6,8H2,1H3. The minimum atomic E-state index is 0.473. The van der Waals surface area contributed by atoms with Crippen LogP contribution in [0.1, 0.15) is 31.6 Å². The molecule has 1 atom stereocenters. The van der Waals surface area contributed by atoms with Gasteiger partial charge in [-0.05, 0) is 54.0 Å². The average Bonchev–Trinajstić information content (AvgIpc) is 2.94. The largest absolute Gasteiger partial charge is 0.294 e. The van der Waals surface area contributed by atoms with E-state index in [0.29, 0.717) is 6.04 Å². The zero-order valence-corrected chi connectivity index (χ0v) is 11.5. The third kappa shape index (κ3) is 1.79. The van der Waals surface area contributed by atoms with Crippen molar-refractivity contribution in [3.05, 3.63) is 34.8 Å². The van der Waals surface area contributed by atoms with Gasteiger partial charge in [-0.25, -0.2) is 4.98 Å². The Bertz CT molecular complexity index is 534. The minimum Gasteiger partial charge on any atom is -0.294 e. The predicted molar refractivity (Wildman–Crippen MR) is 72.1 cm³/mol. The Morgan fingerprint density at radius 1 is 1.47 bits per heavy atom. The Morgan fingerprint density at radius 2 is 2.35 bits per heavy atom. The van der Waals surface area contributed by atoms with Gasteiger partial charge in [-0.1, -0.05) is 13.0 Å². The van der Waals surface area contributed by atoms with Gasteiger partial charge < -0.3 is 0 Å². The number of aromatic nitrogens is 2. The maximum Gasteiger partial charge on any atom is 0.131 e. The fourth-order valence-corrected chi connectivity index (χ4v) is 3.30. The van der Waals surface area contributed by atoms with Gasteiger partial charge in [0.25, 0.3) is 0 Å². The molecule has 0 spiro atoms. The predicted octanol–water partition coefficient (Wildman–Crippen LogP) is 3.25. The summed E-state index contributed by atoms with van der Waals surface area (Å²) >= 11 is 3.62. The summed E-state index contributed by atoms with van der Waals surface area (Å²) < 4.78 is 3.31. The van der Waals surface area contributed by atoms with E-state index in [9.17, 15) is 0 Å². The molecule has 0 bridgehead atoms. The molecule has 0 aliphatic carbocycles. The van der Waals surface area contributed by atoms with Gasteiger partial charge >= 0.3 is 0 Å². The highest BCUT2D eigenvalue weighted by molar-refractivity contribution is 9.10.